The Bertz CT molecular complexity index is 630. The number of rotatable bonds is 2. The summed E-state index contributed by atoms with van der Waals surface area (Å²) in [4.78, 5) is 12.4. The number of thiocarbonyl (C=S) groups is 1. The molecule has 0 aliphatic rings. The maximum atomic E-state index is 11.8. The number of benzene rings is 1. The monoisotopic (exact) mass is 389 g/mol. The van der Waals surface area contributed by atoms with E-state index in [1.807, 2.05) is 11.4 Å². The molecular weight excluding hydrogens is 382 g/mol. The summed E-state index contributed by atoms with van der Waals surface area (Å²) in [6, 6.07) is 8.87. The highest BCUT2D eigenvalue weighted by molar-refractivity contribution is 9.10. The van der Waals surface area contributed by atoms with Gasteiger partial charge in [-0.2, -0.15) is 0 Å². The van der Waals surface area contributed by atoms with Crippen LogP contribution in [0.5, 0.6) is 0 Å². The van der Waals surface area contributed by atoms with Crippen LogP contribution in [0.4, 0.5) is 5.69 Å². The molecular formula is C12H9BrClN3OS2. The van der Waals surface area contributed by atoms with Crippen molar-refractivity contribution >= 4 is 67.8 Å². The van der Waals surface area contributed by atoms with Crippen LogP contribution in [0.15, 0.2) is 40.2 Å². The zero-order valence-corrected chi connectivity index (χ0v) is 13.9. The van der Waals surface area contributed by atoms with Gasteiger partial charge in [-0.1, -0.05) is 11.6 Å². The van der Waals surface area contributed by atoms with E-state index in [9.17, 15) is 4.79 Å². The van der Waals surface area contributed by atoms with Crippen molar-refractivity contribution in [1.82, 2.24) is 10.9 Å². The lowest BCUT2D eigenvalue weighted by Crippen LogP contribution is -2.43. The van der Waals surface area contributed by atoms with Crippen molar-refractivity contribution in [3.63, 3.8) is 0 Å². The maximum Gasteiger partial charge on any atom is 0.280 e. The average Bonchev–Trinajstić information content (AvgIpc) is 2.85. The van der Waals surface area contributed by atoms with Crippen molar-refractivity contribution in [2.24, 2.45) is 0 Å². The molecule has 0 saturated heterocycles. The fraction of sp³-hybridized carbons (Fsp3) is 0. The largest absolute Gasteiger partial charge is 0.331 e. The smallest absolute Gasteiger partial charge is 0.280 e. The van der Waals surface area contributed by atoms with Gasteiger partial charge < -0.3 is 5.32 Å². The molecule has 1 aromatic heterocycles. The second-order valence-corrected chi connectivity index (χ2v) is 6.25. The number of carbonyl (C=O) groups is 1. The second kappa shape index (κ2) is 7.03. The lowest BCUT2D eigenvalue weighted by atomic mass is 10.3. The van der Waals surface area contributed by atoms with E-state index in [0.29, 0.717) is 9.90 Å². The molecule has 1 amide bonds. The van der Waals surface area contributed by atoms with Gasteiger partial charge in [-0.15, -0.1) is 11.3 Å². The Morgan fingerprint density at radius 3 is 2.50 bits per heavy atom. The van der Waals surface area contributed by atoms with E-state index >= 15 is 0 Å². The summed E-state index contributed by atoms with van der Waals surface area (Å²) in [5, 5.41) is 5.68. The average molecular weight is 391 g/mol. The van der Waals surface area contributed by atoms with E-state index in [-0.39, 0.29) is 11.0 Å². The van der Waals surface area contributed by atoms with E-state index in [1.165, 1.54) is 11.3 Å². The minimum atomic E-state index is -0.257. The first-order valence-electron chi connectivity index (χ1n) is 5.42. The number of carbonyl (C=O) groups excluding carboxylic acids is 1. The lowest BCUT2D eigenvalue weighted by molar-refractivity contribution is 0.0947. The molecule has 2 rings (SSSR count). The van der Waals surface area contributed by atoms with Crippen molar-refractivity contribution in [3.05, 3.63) is 50.1 Å². The molecule has 2 aromatic rings. The van der Waals surface area contributed by atoms with Crippen molar-refractivity contribution in [1.29, 1.82) is 0 Å². The van der Waals surface area contributed by atoms with Gasteiger partial charge >= 0.3 is 0 Å². The third-order valence-electron chi connectivity index (χ3n) is 2.22. The van der Waals surface area contributed by atoms with E-state index in [0.717, 1.165) is 10.2 Å². The van der Waals surface area contributed by atoms with Crippen LogP contribution in [0, 0.1) is 0 Å². The molecule has 0 radical (unpaired) electrons. The maximum absolute atomic E-state index is 11.8. The van der Waals surface area contributed by atoms with Crippen LogP contribution < -0.4 is 16.2 Å². The molecule has 3 N–H and O–H groups in total. The van der Waals surface area contributed by atoms with Crippen LogP contribution in [0.2, 0.25) is 5.02 Å². The summed E-state index contributed by atoms with van der Waals surface area (Å²) in [6.07, 6.45) is 0. The highest BCUT2D eigenvalue weighted by Gasteiger charge is 2.11. The first-order chi connectivity index (χ1) is 9.56. The number of hydrogen-bond donors (Lipinski definition) is 3. The molecule has 8 heteroatoms. The Kier molecular flexibility index (Phi) is 5.36. The van der Waals surface area contributed by atoms with Gasteiger partial charge in [-0.3, -0.25) is 15.6 Å². The second-order valence-electron chi connectivity index (χ2n) is 3.64. The third kappa shape index (κ3) is 4.17. The normalized spacial score (nSPS) is 9.90. The Hall–Kier alpha value is -1.15. The number of nitrogens with one attached hydrogen (secondary N) is 3. The lowest BCUT2D eigenvalue weighted by Gasteiger charge is -2.11. The van der Waals surface area contributed by atoms with Crippen molar-refractivity contribution in [3.8, 4) is 0 Å². The Morgan fingerprint density at radius 1 is 1.20 bits per heavy atom. The molecule has 4 nitrogen and oxygen atoms in total. The van der Waals surface area contributed by atoms with Crippen LogP contribution in [-0.4, -0.2) is 11.0 Å². The number of halogens is 2. The van der Waals surface area contributed by atoms with Gasteiger partial charge in [-0.05, 0) is 63.9 Å². The minimum Gasteiger partial charge on any atom is -0.331 e. The molecule has 1 aromatic carbocycles. The molecule has 0 aliphatic heterocycles. The topological polar surface area (TPSA) is 53.2 Å². The van der Waals surface area contributed by atoms with Crippen LogP contribution in [0.25, 0.3) is 0 Å². The predicted octanol–water partition coefficient (Wildman–Crippen LogP) is 3.80. The summed E-state index contributed by atoms with van der Waals surface area (Å²) in [7, 11) is 0. The molecule has 0 spiro atoms. The van der Waals surface area contributed by atoms with Crippen LogP contribution in [0.3, 0.4) is 0 Å². The first kappa shape index (κ1) is 15.2. The highest BCUT2D eigenvalue weighted by Crippen LogP contribution is 2.22. The molecule has 0 unspecified atom stereocenters. The van der Waals surface area contributed by atoms with Gasteiger partial charge in [0, 0.05) is 15.2 Å². The molecule has 0 atom stereocenters. The fourth-order valence-electron chi connectivity index (χ4n) is 1.32. The van der Waals surface area contributed by atoms with Gasteiger partial charge in [-0.25, -0.2) is 0 Å². The predicted molar refractivity (Wildman–Crippen MR) is 90.3 cm³/mol. The van der Waals surface area contributed by atoms with Crippen LogP contribution in [-0.2, 0) is 0 Å². The third-order valence-corrected chi connectivity index (χ3v) is 4.51. The first-order valence-corrected chi connectivity index (χ1v) is 7.88. The quantitative estimate of drug-likeness (QED) is 0.539. The molecule has 1 heterocycles. The SMILES string of the molecule is O=C(NNC(=S)Nc1ccc(Cl)cc1)c1sccc1Br. The summed E-state index contributed by atoms with van der Waals surface area (Å²) in [5.74, 6) is -0.257. The van der Waals surface area contributed by atoms with E-state index in [1.54, 1.807) is 24.3 Å². The standard InChI is InChI=1S/C12H9BrClN3OS2/c13-9-5-6-20-10(9)11(18)16-17-12(19)15-8-3-1-7(14)2-4-8/h1-6H,(H,16,18)(H2,15,17,19). The van der Waals surface area contributed by atoms with Crippen LogP contribution in [0.1, 0.15) is 9.67 Å². The molecule has 104 valence electrons. The Balaban J connectivity index is 1.85. The van der Waals surface area contributed by atoms with E-state index in [2.05, 4.69) is 32.1 Å². The molecule has 0 saturated carbocycles. The van der Waals surface area contributed by atoms with Gasteiger partial charge in [0.25, 0.3) is 5.91 Å². The Morgan fingerprint density at radius 2 is 1.90 bits per heavy atom. The number of hydrogen-bond acceptors (Lipinski definition) is 3. The highest BCUT2D eigenvalue weighted by atomic mass is 79.9. The van der Waals surface area contributed by atoms with Crippen LogP contribution >= 0.6 is 51.1 Å². The molecule has 0 aliphatic carbocycles. The number of hydrazine groups is 1. The van der Waals surface area contributed by atoms with Crippen molar-refractivity contribution < 1.29 is 4.79 Å². The van der Waals surface area contributed by atoms with Gasteiger partial charge in [0.05, 0.1) is 0 Å². The summed E-state index contributed by atoms with van der Waals surface area (Å²) >= 11 is 15.5. The van der Waals surface area contributed by atoms with Gasteiger partial charge in [0.2, 0.25) is 0 Å². The summed E-state index contributed by atoms with van der Waals surface area (Å²) in [6.45, 7) is 0. The fourth-order valence-corrected chi connectivity index (χ4v) is 3.06. The van der Waals surface area contributed by atoms with Crippen molar-refractivity contribution in [2.75, 3.05) is 5.32 Å². The molecule has 0 bridgehead atoms. The van der Waals surface area contributed by atoms with E-state index < -0.39 is 0 Å². The molecule has 20 heavy (non-hydrogen) atoms. The number of amides is 1. The van der Waals surface area contributed by atoms with E-state index in [4.69, 9.17) is 23.8 Å². The van der Waals surface area contributed by atoms with Gasteiger partial charge in [0.1, 0.15) is 4.88 Å². The number of anilines is 1. The number of thiophene rings is 1. The summed E-state index contributed by atoms with van der Waals surface area (Å²) < 4.78 is 0.748. The zero-order chi connectivity index (χ0) is 14.5. The minimum absolute atomic E-state index is 0.257. The summed E-state index contributed by atoms with van der Waals surface area (Å²) in [5.41, 5.74) is 5.93. The molecule has 0 fully saturated rings. The Labute approximate surface area is 138 Å². The van der Waals surface area contributed by atoms with Gasteiger partial charge in [0.15, 0.2) is 5.11 Å². The van der Waals surface area contributed by atoms with Crippen molar-refractivity contribution in [2.45, 2.75) is 0 Å². The zero-order valence-electron chi connectivity index (χ0n) is 9.94.